The number of ketones is 1. The molecule has 0 radical (unpaired) electrons. The van der Waals surface area contributed by atoms with Crippen molar-refractivity contribution in [2.45, 2.75) is 29.7 Å². The Morgan fingerprint density at radius 3 is 2.33 bits per heavy atom. The second-order valence-electron chi connectivity index (χ2n) is 8.17. The molecule has 1 atom stereocenters. The Kier molecular flexibility index (Phi) is 10.2. The average molecular weight is 593 g/mol. The lowest BCUT2D eigenvalue weighted by molar-refractivity contribution is -0.139. The molecule has 0 saturated carbocycles. The monoisotopic (exact) mass is 592 g/mol. The van der Waals surface area contributed by atoms with Crippen molar-refractivity contribution in [3.63, 3.8) is 0 Å². The Balaban J connectivity index is 1.59. The first-order chi connectivity index (χ1) is 18.5. The molecule has 0 spiro atoms. The molecule has 2 aromatic carbocycles. The molecule has 206 valence electrons. The fourth-order valence-electron chi connectivity index (χ4n) is 3.30. The number of aromatic carboxylic acids is 1. The van der Waals surface area contributed by atoms with Crippen LogP contribution in [-0.2, 0) is 31.9 Å². The number of carbonyl (C=O) groups is 4. The van der Waals surface area contributed by atoms with Crippen molar-refractivity contribution in [2.24, 2.45) is 0 Å². The minimum absolute atomic E-state index is 0.0319. The van der Waals surface area contributed by atoms with Gasteiger partial charge in [-0.05, 0) is 47.3 Å². The second-order valence-corrected chi connectivity index (χ2v) is 12.0. The number of rotatable bonds is 14. The molecule has 1 aromatic heterocycles. The zero-order chi connectivity index (χ0) is 28.6. The molecule has 14 heteroatoms. The predicted molar refractivity (Wildman–Crippen MR) is 145 cm³/mol. The molecule has 3 rings (SSSR count). The fourth-order valence-corrected chi connectivity index (χ4v) is 6.15. The number of sulfonamides is 1. The highest BCUT2D eigenvalue weighted by Crippen LogP contribution is 2.22. The fraction of sp³-hybridized carbons (Fsp3) is 0.200. The van der Waals surface area contributed by atoms with Crippen molar-refractivity contribution in [1.29, 1.82) is 0 Å². The topological polar surface area (TPSA) is 187 Å². The van der Waals surface area contributed by atoms with Crippen molar-refractivity contribution in [3.05, 3.63) is 81.5 Å². The van der Waals surface area contributed by atoms with Crippen molar-refractivity contribution < 1.29 is 42.9 Å². The molecular formula is C25H24N2O9S3. The summed E-state index contributed by atoms with van der Waals surface area (Å²) >= 11 is 2.87. The number of hydrogen-bond donors (Lipinski definition) is 5. The summed E-state index contributed by atoms with van der Waals surface area (Å²) in [5, 5.41) is 32.2. The number of carboxylic acids is 2. The van der Waals surface area contributed by atoms with E-state index in [1.807, 2.05) is 17.5 Å². The first kappa shape index (κ1) is 29.8. The molecule has 0 bridgehead atoms. The van der Waals surface area contributed by atoms with Gasteiger partial charge in [0.15, 0.2) is 5.78 Å². The maximum absolute atomic E-state index is 12.7. The van der Waals surface area contributed by atoms with Crippen LogP contribution in [0.1, 0.15) is 37.6 Å². The zero-order valence-electron chi connectivity index (χ0n) is 20.2. The van der Waals surface area contributed by atoms with Gasteiger partial charge in [0.05, 0.1) is 23.1 Å². The van der Waals surface area contributed by atoms with E-state index in [-0.39, 0.29) is 22.8 Å². The van der Waals surface area contributed by atoms with Gasteiger partial charge in [-0.25, -0.2) is 17.9 Å². The molecule has 1 unspecified atom stereocenters. The van der Waals surface area contributed by atoms with Crippen LogP contribution >= 0.6 is 23.1 Å². The number of amides is 1. The highest BCUT2D eigenvalue weighted by Gasteiger charge is 2.24. The number of nitrogens with one attached hydrogen (secondary N) is 2. The van der Waals surface area contributed by atoms with E-state index < -0.39 is 57.4 Å². The number of phenols is 1. The van der Waals surface area contributed by atoms with Gasteiger partial charge < -0.3 is 20.6 Å². The third-order valence-corrected chi connectivity index (χ3v) is 8.79. The number of thioether (sulfide) groups is 1. The molecule has 0 aliphatic heterocycles. The minimum Gasteiger partial charge on any atom is -0.507 e. The summed E-state index contributed by atoms with van der Waals surface area (Å²) in [6, 6.07) is 11.2. The van der Waals surface area contributed by atoms with Crippen molar-refractivity contribution in [3.8, 4) is 5.75 Å². The van der Waals surface area contributed by atoms with Crippen LogP contribution in [0.5, 0.6) is 5.75 Å². The summed E-state index contributed by atoms with van der Waals surface area (Å²) in [6.45, 7) is -0.185. The van der Waals surface area contributed by atoms with E-state index in [4.69, 9.17) is 5.11 Å². The Hall–Kier alpha value is -3.72. The lowest BCUT2D eigenvalue weighted by atomic mass is 10.1. The van der Waals surface area contributed by atoms with E-state index in [2.05, 4.69) is 10.0 Å². The first-order valence-corrected chi connectivity index (χ1v) is 14.8. The number of Topliss-reactive ketones (excluding diaryl/α,β-unsaturated/α-hetero) is 1. The van der Waals surface area contributed by atoms with E-state index >= 15 is 0 Å². The van der Waals surface area contributed by atoms with Gasteiger partial charge >= 0.3 is 11.9 Å². The molecule has 11 nitrogen and oxygen atoms in total. The van der Waals surface area contributed by atoms with Gasteiger partial charge in [-0.1, -0.05) is 18.2 Å². The number of hydrogen-bond acceptors (Lipinski definition) is 9. The lowest BCUT2D eigenvalue weighted by Crippen LogP contribution is -2.43. The molecule has 0 aliphatic carbocycles. The quantitative estimate of drug-likeness (QED) is 0.186. The largest absolute Gasteiger partial charge is 0.507 e. The number of benzene rings is 2. The van der Waals surface area contributed by atoms with Gasteiger partial charge in [-0.3, -0.25) is 14.4 Å². The first-order valence-electron chi connectivity index (χ1n) is 11.3. The van der Waals surface area contributed by atoms with Crippen molar-refractivity contribution in [1.82, 2.24) is 10.0 Å². The van der Waals surface area contributed by atoms with Crippen LogP contribution in [0, 0.1) is 0 Å². The summed E-state index contributed by atoms with van der Waals surface area (Å²) < 4.78 is 27.4. The smallest absolute Gasteiger partial charge is 0.339 e. The molecule has 0 saturated heterocycles. The molecule has 5 N–H and O–H groups in total. The molecule has 39 heavy (non-hydrogen) atoms. The summed E-state index contributed by atoms with van der Waals surface area (Å²) in [7, 11) is -4.12. The number of carboxylic acid groups (broad SMARTS) is 2. The van der Waals surface area contributed by atoms with Crippen molar-refractivity contribution in [2.75, 3.05) is 5.75 Å². The summed E-state index contributed by atoms with van der Waals surface area (Å²) in [4.78, 5) is 48.4. The molecular weight excluding hydrogens is 568 g/mol. The molecule has 0 aliphatic rings. The minimum atomic E-state index is -4.12. The third-order valence-electron chi connectivity index (χ3n) is 5.33. The Bertz CT molecular complexity index is 1450. The van der Waals surface area contributed by atoms with E-state index in [1.165, 1.54) is 36.0 Å². The van der Waals surface area contributed by atoms with Gasteiger partial charge in [0.25, 0.3) is 5.91 Å². The van der Waals surface area contributed by atoms with Gasteiger partial charge in [0.1, 0.15) is 11.3 Å². The SMILES string of the molecule is O=C(O)CC(NC(=O)c1ccc(CNS(=O)(=O)c2ccc(O)c(C(=O)O)c2)cc1)C(=O)CSCc1cccs1. The molecule has 3 aromatic rings. The van der Waals surface area contributed by atoms with E-state index in [9.17, 15) is 37.8 Å². The Morgan fingerprint density at radius 2 is 1.72 bits per heavy atom. The van der Waals surface area contributed by atoms with Gasteiger partial charge in [-0.15, -0.1) is 23.1 Å². The van der Waals surface area contributed by atoms with Crippen LogP contribution in [0.3, 0.4) is 0 Å². The summed E-state index contributed by atoms with van der Waals surface area (Å²) in [5.74, 6) is -3.74. The number of aliphatic carboxylic acids is 1. The van der Waals surface area contributed by atoms with Gasteiger partial charge in [0, 0.05) is 22.7 Å². The summed E-state index contributed by atoms with van der Waals surface area (Å²) in [5.41, 5.74) is 0.0465. The van der Waals surface area contributed by atoms with Crippen molar-refractivity contribution >= 4 is 56.8 Å². The normalized spacial score (nSPS) is 12.0. The van der Waals surface area contributed by atoms with Gasteiger partial charge in [-0.2, -0.15) is 0 Å². The predicted octanol–water partition coefficient (Wildman–Crippen LogP) is 2.71. The highest BCUT2D eigenvalue weighted by atomic mass is 32.2. The lowest BCUT2D eigenvalue weighted by Gasteiger charge is -2.16. The van der Waals surface area contributed by atoms with Crippen LogP contribution in [0.25, 0.3) is 0 Å². The van der Waals surface area contributed by atoms with Crippen LogP contribution in [0.15, 0.2) is 64.9 Å². The maximum Gasteiger partial charge on any atom is 0.339 e. The standard InChI is InChI=1S/C25H24N2O9S3/c28-21-8-7-18(10-19(21)25(33)34)39(35,36)26-12-15-3-5-16(6-4-15)24(32)27-20(11-23(30)31)22(29)14-37-13-17-2-1-9-38-17/h1-10,20,26,28H,11-14H2,(H,27,32)(H,30,31)(H,33,34). The Labute approximate surface area is 231 Å². The Morgan fingerprint density at radius 1 is 1.00 bits per heavy atom. The van der Waals surface area contributed by atoms with Crippen LogP contribution in [0.2, 0.25) is 0 Å². The molecule has 1 amide bonds. The number of carbonyl (C=O) groups excluding carboxylic acids is 2. The number of thiophene rings is 1. The van der Waals surface area contributed by atoms with Crippen LogP contribution < -0.4 is 10.0 Å². The second kappa shape index (κ2) is 13.4. The number of aromatic hydroxyl groups is 1. The molecule has 0 fully saturated rings. The summed E-state index contributed by atoms with van der Waals surface area (Å²) in [6.07, 6.45) is -0.565. The highest BCUT2D eigenvalue weighted by molar-refractivity contribution is 7.99. The van der Waals surface area contributed by atoms with Crippen LogP contribution in [-0.4, -0.2) is 59.2 Å². The van der Waals surface area contributed by atoms with E-state index in [1.54, 1.807) is 11.3 Å². The van der Waals surface area contributed by atoms with Gasteiger partial charge in [0.2, 0.25) is 10.0 Å². The average Bonchev–Trinajstić information content (AvgIpc) is 3.40. The zero-order valence-corrected chi connectivity index (χ0v) is 22.6. The molecule has 1 heterocycles. The maximum atomic E-state index is 12.7. The van der Waals surface area contributed by atoms with E-state index in [0.29, 0.717) is 11.3 Å². The third kappa shape index (κ3) is 8.64. The van der Waals surface area contributed by atoms with Crippen LogP contribution in [0.4, 0.5) is 0 Å². The van der Waals surface area contributed by atoms with E-state index in [0.717, 1.165) is 23.1 Å².